The number of nitrogens with zero attached hydrogens (tertiary/aromatic N) is 1. The van der Waals surface area contributed by atoms with E-state index in [0.29, 0.717) is 6.07 Å². The van der Waals surface area contributed by atoms with Gasteiger partial charge in [0.05, 0.1) is 41.8 Å². The van der Waals surface area contributed by atoms with Crippen LogP contribution in [0.5, 0.6) is 5.75 Å². The zero-order chi connectivity index (χ0) is 35.5. The van der Waals surface area contributed by atoms with E-state index in [1.807, 2.05) is 0 Å². The molecule has 1 saturated heterocycles. The smallest absolute Gasteiger partial charge is 0.311 e. The minimum absolute atomic E-state index is 0.00735. The van der Waals surface area contributed by atoms with E-state index in [0.717, 1.165) is 24.5 Å². The zero-order valence-corrected chi connectivity index (χ0v) is 27.1. The monoisotopic (exact) mass is 690 g/mol. The summed E-state index contributed by atoms with van der Waals surface area (Å²) < 4.78 is 80.2. The molecule has 0 aromatic heterocycles. The molecule has 0 saturated carbocycles. The number of rotatable bonds is 11. The maximum Gasteiger partial charge on any atom is 0.311 e. The van der Waals surface area contributed by atoms with Crippen molar-refractivity contribution < 1.29 is 50.2 Å². The van der Waals surface area contributed by atoms with Gasteiger partial charge < -0.3 is 30.7 Å². The number of nitrogens with one attached hydrogen (secondary N) is 2. The molecule has 3 aromatic rings. The third-order valence-electron chi connectivity index (χ3n) is 7.70. The van der Waals surface area contributed by atoms with E-state index in [-0.39, 0.29) is 47.0 Å². The molecule has 0 bridgehead atoms. The molecule has 1 heterocycles. The molecule has 3 amide bonds. The molecule has 4 N–H and O–H groups in total. The summed E-state index contributed by atoms with van der Waals surface area (Å²) in [5.74, 6) is -7.88. The molecule has 16 heteroatoms. The molecule has 3 atom stereocenters. The number of carbonyl (C=O) groups is 4. The summed E-state index contributed by atoms with van der Waals surface area (Å²) in [5.41, 5.74) is 4.24. The first kappa shape index (κ1) is 35.7. The molecule has 256 valence electrons. The van der Waals surface area contributed by atoms with Gasteiger partial charge in [-0.3, -0.25) is 19.2 Å². The van der Waals surface area contributed by atoms with Gasteiger partial charge in [-0.2, -0.15) is 0 Å². The van der Waals surface area contributed by atoms with Crippen molar-refractivity contribution in [1.82, 2.24) is 4.90 Å². The number of carbonyl (C=O) groups excluding carboxylic acids is 4. The highest BCUT2D eigenvalue weighted by atomic mass is 32.2. The number of anilines is 2. The van der Waals surface area contributed by atoms with Crippen LogP contribution in [0.15, 0.2) is 53.4 Å². The summed E-state index contributed by atoms with van der Waals surface area (Å²) in [4.78, 5) is 52.6. The second-order valence-electron chi connectivity index (χ2n) is 11.0. The number of amides is 3. The van der Waals surface area contributed by atoms with Crippen LogP contribution in [-0.4, -0.2) is 63.5 Å². The highest BCUT2D eigenvalue weighted by Crippen LogP contribution is 2.43. The van der Waals surface area contributed by atoms with Gasteiger partial charge in [-0.05, 0) is 60.9 Å². The van der Waals surface area contributed by atoms with Gasteiger partial charge in [0.2, 0.25) is 11.8 Å². The number of nitrogens with two attached hydrogens (primary N) is 1. The van der Waals surface area contributed by atoms with Gasteiger partial charge in [0.25, 0.3) is 5.91 Å². The van der Waals surface area contributed by atoms with Crippen molar-refractivity contribution >= 4 is 44.9 Å². The molecule has 0 aliphatic carbocycles. The molecule has 0 radical (unpaired) electrons. The van der Waals surface area contributed by atoms with E-state index in [2.05, 4.69) is 10.6 Å². The van der Waals surface area contributed by atoms with Crippen LogP contribution in [0, 0.1) is 23.4 Å². The SMILES string of the molecule is CCOC(=O)[C@H]1CCN(C(=O)[C@H](Nc2cc(C(N)=O)c(F)cc2F)c2ccc(F)c(OC)c2)[C@H]1c1cc(NC(C)=O)ccc1S(C)(=O)=O. The number of likely N-dealkylation sites (tertiary alicyclic amines) is 1. The lowest BCUT2D eigenvalue weighted by Gasteiger charge is -2.33. The number of halogens is 3. The second-order valence-corrected chi connectivity index (χ2v) is 13.0. The Kier molecular flexibility index (Phi) is 10.7. The maximum atomic E-state index is 15.1. The number of methoxy groups -OCH3 is 1. The Labute approximate surface area is 274 Å². The topological polar surface area (TPSA) is 174 Å². The van der Waals surface area contributed by atoms with Gasteiger partial charge in [-0.1, -0.05) is 6.07 Å². The molecule has 1 aliphatic heterocycles. The third-order valence-corrected chi connectivity index (χ3v) is 8.87. The Bertz CT molecular complexity index is 1890. The summed E-state index contributed by atoms with van der Waals surface area (Å²) in [6.45, 7) is 2.66. The lowest BCUT2D eigenvalue weighted by Crippen LogP contribution is -2.40. The predicted molar refractivity (Wildman–Crippen MR) is 167 cm³/mol. The summed E-state index contributed by atoms with van der Waals surface area (Å²) in [7, 11) is -2.81. The number of ether oxygens (including phenoxy) is 2. The normalized spacial score (nSPS) is 16.6. The minimum atomic E-state index is -3.99. The summed E-state index contributed by atoms with van der Waals surface area (Å²) in [6, 6.07) is 5.56. The molecule has 0 spiro atoms. The first-order chi connectivity index (χ1) is 22.6. The molecular formula is C32H33F3N4O8S. The second kappa shape index (κ2) is 14.3. The average molecular weight is 691 g/mol. The Morgan fingerprint density at radius 1 is 1.02 bits per heavy atom. The van der Waals surface area contributed by atoms with Gasteiger partial charge in [0.1, 0.15) is 17.7 Å². The van der Waals surface area contributed by atoms with Crippen LogP contribution in [0.1, 0.15) is 53.8 Å². The Hall–Kier alpha value is -5.12. The molecule has 1 fully saturated rings. The largest absolute Gasteiger partial charge is 0.494 e. The van der Waals surface area contributed by atoms with Crippen molar-refractivity contribution in [3.8, 4) is 5.75 Å². The van der Waals surface area contributed by atoms with Crippen LogP contribution in [0.2, 0.25) is 0 Å². The van der Waals surface area contributed by atoms with Gasteiger partial charge in [-0.15, -0.1) is 0 Å². The molecule has 1 aliphatic rings. The van der Waals surface area contributed by atoms with Crippen LogP contribution in [-0.2, 0) is 29.0 Å². The highest BCUT2D eigenvalue weighted by molar-refractivity contribution is 7.90. The van der Waals surface area contributed by atoms with Gasteiger partial charge in [0, 0.05) is 31.5 Å². The minimum Gasteiger partial charge on any atom is -0.494 e. The summed E-state index contributed by atoms with van der Waals surface area (Å²) in [6.07, 6.45) is 0.951. The van der Waals surface area contributed by atoms with Crippen molar-refractivity contribution in [1.29, 1.82) is 0 Å². The van der Waals surface area contributed by atoms with E-state index in [1.54, 1.807) is 6.92 Å². The van der Waals surface area contributed by atoms with Crippen LogP contribution >= 0.6 is 0 Å². The van der Waals surface area contributed by atoms with E-state index in [1.165, 1.54) is 43.2 Å². The number of hydrogen-bond donors (Lipinski definition) is 3. The van der Waals surface area contributed by atoms with Gasteiger partial charge in [-0.25, -0.2) is 21.6 Å². The third kappa shape index (κ3) is 7.54. The van der Waals surface area contributed by atoms with Crippen molar-refractivity contribution in [3.05, 3.63) is 82.7 Å². The van der Waals surface area contributed by atoms with Gasteiger partial charge in [0.15, 0.2) is 21.4 Å². The Morgan fingerprint density at radius 3 is 2.33 bits per heavy atom. The van der Waals surface area contributed by atoms with Crippen LogP contribution in [0.3, 0.4) is 0 Å². The van der Waals surface area contributed by atoms with Crippen LogP contribution in [0.25, 0.3) is 0 Å². The van der Waals surface area contributed by atoms with Crippen LogP contribution in [0.4, 0.5) is 24.5 Å². The fourth-order valence-corrected chi connectivity index (χ4v) is 6.55. The lowest BCUT2D eigenvalue weighted by atomic mass is 9.92. The standard InChI is InChI=1S/C32H33F3N4O8S/c1-5-47-32(43)19-10-11-39(29(19)21-13-18(37-16(2)40)7-9-27(21)48(4,44)45)31(42)28(17-6-8-22(33)26(12-17)46-3)38-25-14-20(30(36)41)23(34)15-24(25)35/h6-9,12-15,19,28-29,38H,5,10-11H2,1-4H3,(H2,36,41)(H,37,40)/t19-,28+,29+/m0/s1. The first-order valence-electron chi connectivity index (χ1n) is 14.5. The van der Waals surface area contributed by atoms with Gasteiger partial charge >= 0.3 is 5.97 Å². The van der Waals surface area contributed by atoms with Crippen molar-refractivity contribution in [2.75, 3.05) is 37.2 Å². The lowest BCUT2D eigenvalue weighted by molar-refractivity contribution is -0.149. The predicted octanol–water partition coefficient (Wildman–Crippen LogP) is 3.88. The molecule has 12 nitrogen and oxygen atoms in total. The van der Waals surface area contributed by atoms with E-state index in [9.17, 15) is 36.4 Å². The van der Waals surface area contributed by atoms with E-state index in [4.69, 9.17) is 15.2 Å². The Balaban J connectivity index is 1.94. The van der Waals surface area contributed by atoms with Crippen LogP contribution < -0.4 is 21.1 Å². The molecule has 4 rings (SSSR count). The average Bonchev–Trinajstić information content (AvgIpc) is 3.45. The maximum absolute atomic E-state index is 15.1. The quantitative estimate of drug-likeness (QED) is 0.252. The van der Waals surface area contributed by atoms with Crippen molar-refractivity contribution in [2.45, 2.75) is 37.2 Å². The zero-order valence-electron chi connectivity index (χ0n) is 26.3. The molecule has 3 aromatic carbocycles. The number of benzene rings is 3. The van der Waals surface area contributed by atoms with Crippen molar-refractivity contribution in [3.63, 3.8) is 0 Å². The fourth-order valence-electron chi connectivity index (χ4n) is 5.63. The number of hydrogen-bond acceptors (Lipinski definition) is 9. The fraction of sp³-hybridized carbons (Fsp3) is 0.312. The summed E-state index contributed by atoms with van der Waals surface area (Å²) in [5, 5.41) is 5.21. The van der Waals surface area contributed by atoms with E-state index < -0.39 is 80.2 Å². The van der Waals surface area contributed by atoms with Crippen molar-refractivity contribution in [2.24, 2.45) is 11.7 Å². The first-order valence-corrected chi connectivity index (χ1v) is 16.4. The highest BCUT2D eigenvalue weighted by Gasteiger charge is 2.46. The molecule has 48 heavy (non-hydrogen) atoms. The van der Waals surface area contributed by atoms with E-state index >= 15 is 4.39 Å². The Morgan fingerprint density at radius 2 is 1.73 bits per heavy atom. The number of esters is 1. The number of sulfone groups is 1. The molecule has 0 unspecified atom stereocenters. The summed E-state index contributed by atoms with van der Waals surface area (Å²) >= 11 is 0. The number of primary amides is 1. The molecular weight excluding hydrogens is 657 g/mol.